The van der Waals surface area contributed by atoms with E-state index in [-0.39, 0.29) is 30.1 Å². The molecule has 0 radical (unpaired) electrons. The molecule has 0 saturated carbocycles. The molecule has 0 bridgehead atoms. The first kappa shape index (κ1) is 20.9. The maximum absolute atomic E-state index is 12.6. The summed E-state index contributed by atoms with van der Waals surface area (Å²) in [5.74, 6) is -0.469. The van der Waals surface area contributed by atoms with Crippen molar-refractivity contribution < 1.29 is 14.4 Å². The SMILES string of the molecule is Cc1ccc(/C=C2\SC(=O)N(CCNC(=O)C(C)(C)c3ccccc3)C2=O)cc1. The fraction of sp³-hybridized carbons (Fsp3) is 0.261. The van der Waals surface area contributed by atoms with Crippen molar-refractivity contribution in [2.45, 2.75) is 26.2 Å². The lowest BCUT2D eigenvalue weighted by Gasteiger charge is -2.24. The van der Waals surface area contributed by atoms with Crippen LogP contribution in [0.2, 0.25) is 0 Å². The molecule has 1 heterocycles. The topological polar surface area (TPSA) is 66.5 Å². The van der Waals surface area contributed by atoms with E-state index in [1.54, 1.807) is 6.08 Å². The van der Waals surface area contributed by atoms with E-state index in [1.165, 1.54) is 4.90 Å². The fourth-order valence-corrected chi connectivity index (χ4v) is 3.86. The third-order valence-corrected chi connectivity index (χ3v) is 5.84. The molecule has 1 aliphatic heterocycles. The van der Waals surface area contributed by atoms with Gasteiger partial charge in [-0.15, -0.1) is 0 Å². The highest BCUT2D eigenvalue weighted by molar-refractivity contribution is 8.18. The van der Waals surface area contributed by atoms with Gasteiger partial charge in [0.25, 0.3) is 11.1 Å². The molecule has 0 aliphatic carbocycles. The highest BCUT2D eigenvalue weighted by Crippen LogP contribution is 2.32. The fourth-order valence-electron chi connectivity index (χ4n) is 2.99. The third-order valence-electron chi connectivity index (χ3n) is 4.93. The lowest BCUT2D eigenvalue weighted by atomic mass is 9.84. The Labute approximate surface area is 175 Å². The summed E-state index contributed by atoms with van der Waals surface area (Å²) in [7, 11) is 0. The van der Waals surface area contributed by atoms with E-state index in [1.807, 2.05) is 75.4 Å². The second-order valence-corrected chi connectivity index (χ2v) is 8.48. The van der Waals surface area contributed by atoms with Crippen molar-refractivity contribution in [3.63, 3.8) is 0 Å². The summed E-state index contributed by atoms with van der Waals surface area (Å²) in [5.41, 5.74) is 2.21. The Hall–Kier alpha value is -2.86. The van der Waals surface area contributed by atoms with Crippen LogP contribution in [-0.4, -0.2) is 35.0 Å². The van der Waals surface area contributed by atoms with E-state index in [9.17, 15) is 14.4 Å². The minimum absolute atomic E-state index is 0.145. The zero-order valence-electron chi connectivity index (χ0n) is 16.8. The van der Waals surface area contributed by atoms with Crippen molar-refractivity contribution in [3.8, 4) is 0 Å². The van der Waals surface area contributed by atoms with E-state index < -0.39 is 5.41 Å². The molecule has 2 aromatic carbocycles. The van der Waals surface area contributed by atoms with Gasteiger partial charge in [0.15, 0.2) is 0 Å². The smallest absolute Gasteiger partial charge is 0.293 e. The van der Waals surface area contributed by atoms with Gasteiger partial charge in [0, 0.05) is 13.1 Å². The molecule has 6 heteroatoms. The van der Waals surface area contributed by atoms with Crippen LogP contribution in [0.1, 0.15) is 30.5 Å². The molecule has 2 aromatic rings. The zero-order chi connectivity index (χ0) is 21.0. The van der Waals surface area contributed by atoms with Gasteiger partial charge in [-0.05, 0) is 49.7 Å². The number of carbonyl (C=O) groups is 3. The quantitative estimate of drug-likeness (QED) is 0.730. The molecule has 0 unspecified atom stereocenters. The van der Waals surface area contributed by atoms with Gasteiger partial charge in [-0.25, -0.2) is 0 Å². The highest BCUT2D eigenvalue weighted by Gasteiger charge is 2.35. The summed E-state index contributed by atoms with van der Waals surface area (Å²) in [6, 6.07) is 17.2. The lowest BCUT2D eigenvalue weighted by molar-refractivity contribution is -0.126. The molecular formula is C23H24N2O3S. The first-order valence-electron chi connectivity index (χ1n) is 9.45. The number of imide groups is 1. The van der Waals surface area contributed by atoms with Gasteiger partial charge >= 0.3 is 0 Å². The number of rotatable bonds is 6. The largest absolute Gasteiger partial charge is 0.354 e. The van der Waals surface area contributed by atoms with Gasteiger partial charge in [-0.3, -0.25) is 19.3 Å². The Balaban J connectivity index is 1.59. The van der Waals surface area contributed by atoms with Crippen LogP contribution >= 0.6 is 11.8 Å². The molecule has 0 aromatic heterocycles. The number of hydrogen-bond donors (Lipinski definition) is 1. The molecule has 0 spiro atoms. The summed E-state index contributed by atoms with van der Waals surface area (Å²) in [5, 5.41) is 2.53. The standard InChI is InChI=1S/C23H24N2O3S/c1-16-9-11-17(12-10-16)15-19-20(26)25(22(28)29-19)14-13-24-21(27)23(2,3)18-7-5-4-6-8-18/h4-12,15H,13-14H2,1-3H3,(H,24,27)/b19-15-. The van der Waals surface area contributed by atoms with E-state index in [0.29, 0.717) is 4.91 Å². The second-order valence-electron chi connectivity index (χ2n) is 7.49. The van der Waals surface area contributed by atoms with Crippen LogP contribution in [0.15, 0.2) is 59.5 Å². The summed E-state index contributed by atoms with van der Waals surface area (Å²) in [4.78, 5) is 39.0. The Kier molecular flexibility index (Phi) is 6.23. The van der Waals surface area contributed by atoms with Crippen molar-refractivity contribution in [3.05, 3.63) is 76.2 Å². The second kappa shape index (κ2) is 8.66. The summed E-state index contributed by atoms with van der Waals surface area (Å²) in [6.45, 7) is 6.05. The van der Waals surface area contributed by atoms with Gasteiger partial charge < -0.3 is 5.32 Å². The molecule has 1 saturated heterocycles. The van der Waals surface area contributed by atoms with Crippen LogP contribution in [0.5, 0.6) is 0 Å². The monoisotopic (exact) mass is 408 g/mol. The van der Waals surface area contributed by atoms with E-state index in [0.717, 1.165) is 28.5 Å². The van der Waals surface area contributed by atoms with Crippen LogP contribution in [0.4, 0.5) is 4.79 Å². The van der Waals surface area contributed by atoms with Gasteiger partial charge in [0.05, 0.1) is 10.3 Å². The number of benzene rings is 2. The molecule has 0 atom stereocenters. The van der Waals surface area contributed by atoms with E-state index >= 15 is 0 Å². The Morgan fingerprint density at radius 1 is 1.07 bits per heavy atom. The van der Waals surface area contributed by atoms with Crippen molar-refractivity contribution in [1.29, 1.82) is 0 Å². The summed E-state index contributed by atoms with van der Waals surface area (Å²) in [6.07, 6.45) is 1.72. The molecule has 1 fully saturated rings. The van der Waals surface area contributed by atoms with Gasteiger partial charge in [-0.2, -0.15) is 0 Å². The maximum atomic E-state index is 12.6. The normalized spacial score (nSPS) is 15.8. The zero-order valence-corrected chi connectivity index (χ0v) is 17.6. The average Bonchev–Trinajstić information content (AvgIpc) is 2.97. The summed E-state index contributed by atoms with van der Waals surface area (Å²) >= 11 is 0.928. The van der Waals surface area contributed by atoms with Gasteiger partial charge in [0.1, 0.15) is 0 Å². The Morgan fingerprint density at radius 2 is 1.72 bits per heavy atom. The van der Waals surface area contributed by atoms with Crippen LogP contribution in [-0.2, 0) is 15.0 Å². The minimum Gasteiger partial charge on any atom is -0.354 e. The molecule has 150 valence electrons. The first-order valence-corrected chi connectivity index (χ1v) is 10.3. The highest BCUT2D eigenvalue weighted by atomic mass is 32.2. The molecule has 3 amide bonds. The number of aryl methyl sites for hydroxylation is 1. The van der Waals surface area contributed by atoms with Gasteiger partial charge in [-0.1, -0.05) is 60.2 Å². The predicted molar refractivity (Wildman–Crippen MR) is 116 cm³/mol. The molecule has 5 nitrogen and oxygen atoms in total. The van der Waals surface area contributed by atoms with Crippen molar-refractivity contribution >= 4 is 34.9 Å². The van der Waals surface area contributed by atoms with Crippen molar-refractivity contribution in [2.75, 3.05) is 13.1 Å². The first-order chi connectivity index (χ1) is 13.8. The number of hydrogen-bond acceptors (Lipinski definition) is 4. The predicted octanol–water partition coefficient (Wildman–Crippen LogP) is 4.13. The Morgan fingerprint density at radius 3 is 2.38 bits per heavy atom. The minimum atomic E-state index is -0.703. The van der Waals surface area contributed by atoms with Gasteiger partial charge in [0.2, 0.25) is 5.91 Å². The number of thioether (sulfide) groups is 1. The molecule has 1 aliphatic rings. The van der Waals surface area contributed by atoms with Crippen LogP contribution < -0.4 is 5.32 Å². The van der Waals surface area contributed by atoms with Crippen molar-refractivity contribution in [1.82, 2.24) is 10.2 Å². The third kappa shape index (κ3) is 4.77. The number of nitrogens with zero attached hydrogens (tertiary/aromatic N) is 1. The van der Waals surface area contributed by atoms with E-state index in [4.69, 9.17) is 0 Å². The van der Waals surface area contributed by atoms with Crippen LogP contribution in [0.25, 0.3) is 6.08 Å². The Bertz CT molecular complexity index is 950. The maximum Gasteiger partial charge on any atom is 0.293 e. The molecule has 3 rings (SSSR count). The summed E-state index contributed by atoms with van der Waals surface area (Å²) < 4.78 is 0. The molecular weight excluding hydrogens is 384 g/mol. The van der Waals surface area contributed by atoms with Crippen LogP contribution in [0, 0.1) is 6.92 Å². The lowest BCUT2D eigenvalue weighted by Crippen LogP contribution is -2.44. The van der Waals surface area contributed by atoms with Crippen LogP contribution in [0.3, 0.4) is 0 Å². The number of amides is 3. The van der Waals surface area contributed by atoms with E-state index in [2.05, 4.69) is 5.32 Å². The molecule has 1 N–H and O–H groups in total. The molecule has 29 heavy (non-hydrogen) atoms. The van der Waals surface area contributed by atoms with Crippen molar-refractivity contribution in [2.24, 2.45) is 0 Å². The number of carbonyl (C=O) groups excluding carboxylic acids is 3. The number of nitrogens with one attached hydrogen (secondary N) is 1. The average molecular weight is 409 g/mol.